The molecule has 0 aliphatic carbocycles. The molecule has 21 heavy (non-hydrogen) atoms. The van der Waals surface area contributed by atoms with Crippen LogP contribution in [0.1, 0.15) is 17.7 Å². The summed E-state index contributed by atoms with van der Waals surface area (Å²) in [6, 6.07) is 9.05. The number of rotatable bonds is 3. The third-order valence-electron chi connectivity index (χ3n) is 3.47. The number of para-hydroxylation sites is 1. The summed E-state index contributed by atoms with van der Waals surface area (Å²) in [4.78, 5) is 0.120. The molecule has 0 radical (unpaired) electrons. The van der Waals surface area contributed by atoms with Gasteiger partial charge in [-0.1, -0.05) is 18.2 Å². The number of halogens is 2. The van der Waals surface area contributed by atoms with E-state index in [4.69, 9.17) is 16.0 Å². The van der Waals surface area contributed by atoms with E-state index in [-0.39, 0.29) is 15.4 Å². The molecule has 0 saturated carbocycles. The Balaban J connectivity index is 2.09. The van der Waals surface area contributed by atoms with Crippen molar-refractivity contribution in [3.05, 3.63) is 46.3 Å². The minimum absolute atomic E-state index is 0.120. The average Bonchev–Trinajstić information content (AvgIpc) is 2.88. The first-order valence-electron chi connectivity index (χ1n) is 6.49. The van der Waals surface area contributed by atoms with Gasteiger partial charge in [-0.2, -0.15) is 0 Å². The fourth-order valence-corrected chi connectivity index (χ4v) is 5.14. The van der Waals surface area contributed by atoms with E-state index in [0.717, 1.165) is 24.1 Å². The van der Waals surface area contributed by atoms with Gasteiger partial charge in [-0.3, -0.25) is 4.31 Å². The van der Waals surface area contributed by atoms with Crippen LogP contribution in [0, 0.1) is 0 Å². The topological polar surface area (TPSA) is 50.5 Å². The van der Waals surface area contributed by atoms with Crippen molar-refractivity contribution in [3.8, 4) is 0 Å². The third-order valence-corrected chi connectivity index (χ3v) is 6.41. The van der Waals surface area contributed by atoms with E-state index >= 15 is 0 Å². The number of aryl methyl sites for hydroxylation is 1. The highest BCUT2D eigenvalue weighted by Crippen LogP contribution is 2.35. The minimum Gasteiger partial charge on any atom is -0.452 e. The summed E-state index contributed by atoms with van der Waals surface area (Å²) in [5, 5.41) is 0. The van der Waals surface area contributed by atoms with Crippen molar-refractivity contribution in [1.29, 1.82) is 0 Å². The summed E-state index contributed by atoms with van der Waals surface area (Å²) in [6.07, 6.45) is 1.69. The summed E-state index contributed by atoms with van der Waals surface area (Å²) in [5.74, 6) is 0.553. The van der Waals surface area contributed by atoms with Crippen LogP contribution < -0.4 is 4.31 Å². The molecule has 0 bridgehead atoms. The lowest BCUT2D eigenvalue weighted by Gasteiger charge is -2.30. The Kier molecular flexibility index (Phi) is 4.03. The average molecular weight is 391 g/mol. The number of benzene rings is 1. The van der Waals surface area contributed by atoms with Gasteiger partial charge in [0.1, 0.15) is 10.7 Å². The molecule has 112 valence electrons. The number of nitrogens with zero attached hydrogens (tertiary/aromatic N) is 1. The number of anilines is 1. The molecule has 0 amide bonds. The van der Waals surface area contributed by atoms with Gasteiger partial charge in [0.15, 0.2) is 4.67 Å². The second-order valence-corrected chi connectivity index (χ2v) is 7.61. The lowest BCUT2D eigenvalue weighted by molar-refractivity contribution is 0.497. The highest BCUT2D eigenvalue weighted by Gasteiger charge is 2.32. The normalized spacial score (nSPS) is 15.0. The summed E-state index contributed by atoms with van der Waals surface area (Å²) in [5.41, 5.74) is 1.79. The molecule has 1 aromatic heterocycles. The SMILES string of the molecule is O=S(=O)(c1cc(CCl)oc1Br)N1CCCc2ccccc21. The molecule has 2 heterocycles. The van der Waals surface area contributed by atoms with E-state index in [1.165, 1.54) is 10.4 Å². The fourth-order valence-electron chi connectivity index (χ4n) is 2.51. The summed E-state index contributed by atoms with van der Waals surface area (Å²) < 4.78 is 32.7. The van der Waals surface area contributed by atoms with Gasteiger partial charge in [-0.25, -0.2) is 8.42 Å². The Hall–Kier alpha value is -0.980. The van der Waals surface area contributed by atoms with Crippen molar-refractivity contribution in [1.82, 2.24) is 0 Å². The molecule has 7 heteroatoms. The van der Waals surface area contributed by atoms with E-state index in [1.54, 1.807) is 0 Å². The number of sulfonamides is 1. The summed E-state index contributed by atoms with van der Waals surface area (Å²) in [7, 11) is -3.66. The van der Waals surface area contributed by atoms with Gasteiger partial charge in [0.05, 0.1) is 11.6 Å². The molecule has 0 spiro atoms. The Bertz CT molecular complexity index is 772. The second kappa shape index (κ2) is 5.66. The van der Waals surface area contributed by atoms with Crippen LogP contribution in [-0.4, -0.2) is 15.0 Å². The first kappa shape index (κ1) is 14.9. The Morgan fingerprint density at radius 2 is 2.10 bits per heavy atom. The summed E-state index contributed by atoms with van der Waals surface area (Å²) in [6.45, 7) is 0.465. The van der Waals surface area contributed by atoms with Crippen molar-refractivity contribution in [2.45, 2.75) is 23.6 Å². The molecule has 2 aromatic rings. The van der Waals surface area contributed by atoms with E-state index in [2.05, 4.69) is 15.9 Å². The van der Waals surface area contributed by atoms with Crippen LogP contribution in [0.15, 0.2) is 44.3 Å². The zero-order valence-corrected chi connectivity index (χ0v) is 14.2. The zero-order valence-electron chi connectivity index (χ0n) is 11.1. The van der Waals surface area contributed by atoms with E-state index < -0.39 is 10.0 Å². The fraction of sp³-hybridized carbons (Fsp3) is 0.286. The summed E-state index contributed by atoms with van der Waals surface area (Å²) >= 11 is 8.88. The molecule has 0 saturated heterocycles. The lowest BCUT2D eigenvalue weighted by atomic mass is 10.0. The molecule has 1 aromatic carbocycles. The van der Waals surface area contributed by atoms with E-state index in [1.807, 2.05) is 24.3 Å². The van der Waals surface area contributed by atoms with Crippen LogP contribution in [0.3, 0.4) is 0 Å². The van der Waals surface area contributed by atoms with Crippen molar-refractivity contribution in [3.63, 3.8) is 0 Å². The predicted molar refractivity (Wildman–Crippen MR) is 85.3 cm³/mol. The molecule has 4 nitrogen and oxygen atoms in total. The van der Waals surface area contributed by atoms with E-state index in [0.29, 0.717) is 12.3 Å². The molecular weight excluding hydrogens is 378 g/mol. The first-order chi connectivity index (χ1) is 10.0. The zero-order chi connectivity index (χ0) is 15.0. The van der Waals surface area contributed by atoms with Crippen LogP contribution in [-0.2, 0) is 22.3 Å². The van der Waals surface area contributed by atoms with Crippen LogP contribution >= 0.6 is 27.5 Å². The minimum atomic E-state index is -3.66. The van der Waals surface area contributed by atoms with Gasteiger partial charge in [-0.15, -0.1) is 11.6 Å². The molecule has 3 rings (SSSR count). The Morgan fingerprint density at radius 1 is 1.33 bits per heavy atom. The first-order valence-corrected chi connectivity index (χ1v) is 9.25. The molecule has 0 atom stereocenters. The van der Waals surface area contributed by atoms with Gasteiger partial charge in [0.25, 0.3) is 10.0 Å². The van der Waals surface area contributed by atoms with Crippen molar-refractivity contribution in [2.24, 2.45) is 0 Å². The van der Waals surface area contributed by atoms with Crippen molar-refractivity contribution in [2.75, 3.05) is 10.8 Å². The number of hydrogen-bond donors (Lipinski definition) is 0. The van der Waals surface area contributed by atoms with Crippen LogP contribution in [0.2, 0.25) is 0 Å². The Labute approximate surface area is 136 Å². The largest absolute Gasteiger partial charge is 0.452 e. The number of fused-ring (bicyclic) bond motifs is 1. The Morgan fingerprint density at radius 3 is 2.81 bits per heavy atom. The molecule has 0 N–H and O–H groups in total. The number of hydrogen-bond acceptors (Lipinski definition) is 3. The standard InChI is InChI=1S/C14H13BrClNO3S/c15-14-13(8-11(9-16)20-14)21(18,19)17-7-3-5-10-4-1-2-6-12(10)17/h1-2,4,6,8H,3,5,7,9H2. The van der Waals surface area contributed by atoms with Gasteiger partial charge >= 0.3 is 0 Å². The molecule has 1 aliphatic rings. The van der Waals surface area contributed by atoms with Gasteiger partial charge in [0, 0.05) is 12.6 Å². The van der Waals surface area contributed by atoms with Crippen LogP contribution in [0.5, 0.6) is 0 Å². The van der Waals surface area contributed by atoms with Crippen molar-refractivity contribution >= 4 is 43.2 Å². The number of alkyl halides is 1. The molecular formula is C14H13BrClNO3S. The van der Waals surface area contributed by atoms with Crippen LogP contribution in [0.25, 0.3) is 0 Å². The lowest BCUT2D eigenvalue weighted by Crippen LogP contribution is -2.35. The van der Waals surface area contributed by atoms with Gasteiger partial charge < -0.3 is 4.42 Å². The maximum Gasteiger partial charge on any atom is 0.268 e. The quantitative estimate of drug-likeness (QED) is 0.746. The van der Waals surface area contributed by atoms with Crippen LogP contribution in [0.4, 0.5) is 5.69 Å². The number of furan rings is 1. The highest BCUT2D eigenvalue weighted by molar-refractivity contribution is 9.10. The highest BCUT2D eigenvalue weighted by atomic mass is 79.9. The molecule has 0 unspecified atom stereocenters. The maximum atomic E-state index is 12.9. The van der Waals surface area contributed by atoms with E-state index in [9.17, 15) is 8.42 Å². The molecule has 0 fully saturated rings. The van der Waals surface area contributed by atoms with Gasteiger partial charge in [0.2, 0.25) is 0 Å². The monoisotopic (exact) mass is 389 g/mol. The van der Waals surface area contributed by atoms with Gasteiger partial charge in [-0.05, 0) is 40.4 Å². The maximum absolute atomic E-state index is 12.9. The third kappa shape index (κ3) is 2.60. The smallest absolute Gasteiger partial charge is 0.268 e. The van der Waals surface area contributed by atoms with Crippen molar-refractivity contribution < 1.29 is 12.8 Å². The second-order valence-electron chi connectivity index (χ2n) is 4.79. The molecule has 1 aliphatic heterocycles. The predicted octanol–water partition coefficient (Wildman–Crippen LogP) is 3.92.